The molecule has 5 nitrogen and oxygen atoms in total. The minimum atomic E-state index is -0.514. The Balaban J connectivity index is 1.71. The lowest BCUT2D eigenvalue weighted by atomic mass is 9.92. The first-order valence-corrected chi connectivity index (χ1v) is 9.51. The Kier molecular flexibility index (Phi) is 5.51. The highest BCUT2D eigenvalue weighted by Gasteiger charge is 2.27. The summed E-state index contributed by atoms with van der Waals surface area (Å²) in [6.45, 7) is 7.65. The highest BCUT2D eigenvalue weighted by atomic mass is 32.1. The summed E-state index contributed by atoms with van der Waals surface area (Å²) >= 11 is 1.43. The molecular weight excluding hydrogens is 334 g/mol. The molecule has 0 bridgehead atoms. The van der Waals surface area contributed by atoms with Crippen LogP contribution in [0.2, 0.25) is 0 Å². The summed E-state index contributed by atoms with van der Waals surface area (Å²) in [7, 11) is 0. The number of nitrogens with one attached hydrogen (secondary N) is 1. The second kappa shape index (κ2) is 7.64. The molecule has 1 aliphatic rings. The van der Waals surface area contributed by atoms with Gasteiger partial charge in [0.25, 0.3) is 0 Å². The van der Waals surface area contributed by atoms with E-state index in [1.807, 2.05) is 5.38 Å². The predicted octanol–water partition coefficient (Wildman–Crippen LogP) is 3.43. The molecule has 1 amide bonds. The Hall–Kier alpha value is -1.76. The Morgan fingerprint density at radius 3 is 2.64 bits per heavy atom. The van der Waals surface area contributed by atoms with Crippen molar-refractivity contribution in [3.05, 3.63) is 34.2 Å². The Bertz CT molecular complexity index is 766. The van der Waals surface area contributed by atoms with E-state index in [1.165, 1.54) is 28.0 Å². The second-order valence-electron chi connectivity index (χ2n) is 6.75. The summed E-state index contributed by atoms with van der Waals surface area (Å²) in [6, 6.07) is 3.81. The highest BCUT2D eigenvalue weighted by molar-refractivity contribution is 7.14. The standard InChI is InChI=1S/C19H25N3O2S/c1-11-8-13(3)15(9-12(11)2)16-10-25-19(21-16)22-18(23)17(20)14-4-6-24-7-5-14/h8-10,14,17H,4-7,20H2,1-3H3,(H,21,22,23). The number of thiazole rings is 1. The molecule has 1 aromatic heterocycles. The van der Waals surface area contributed by atoms with Crippen LogP contribution in [0.4, 0.5) is 5.13 Å². The van der Waals surface area contributed by atoms with Crippen LogP contribution < -0.4 is 11.1 Å². The minimum Gasteiger partial charge on any atom is -0.381 e. The first kappa shape index (κ1) is 18.0. The molecule has 1 atom stereocenters. The Morgan fingerprint density at radius 2 is 1.92 bits per heavy atom. The maximum Gasteiger partial charge on any atom is 0.243 e. The number of rotatable bonds is 4. The molecular formula is C19H25N3O2S. The van der Waals surface area contributed by atoms with Crippen molar-refractivity contribution in [2.24, 2.45) is 11.7 Å². The average Bonchev–Trinajstić information content (AvgIpc) is 3.06. The fourth-order valence-electron chi connectivity index (χ4n) is 3.17. The lowest BCUT2D eigenvalue weighted by Gasteiger charge is -2.26. The van der Waals surface area contributed by atoms with Gasteiger partial charge in [-0.1, -0.05) is 6.07 Å². The first-order valence-electron chi connectivity index (χ1n) is 8.63. The zero-order valence-corrected chi connectivity index (χ0v) is 15.8. The van der Waals surface area contributed by atoms with Crippen LogP contribution in [-0.4, -0.2) is 30.1 Å². The minimum absolute atomic E-state index is 0.162. The van der Waals surface area contributed by atoms with Crippen molar-refractivity contribution in [2.75, 3.05) is 18.5 Å². The molecule has 1 unspecified atom stereocenters. The molecule has 3 rings (SSSR count). The maximum atomic E-state index is 12.4. The molecule has 0 radical (unpaired) electrons. The lowest BCUT2D eigenvalue weighted by Crippen LogP contribution is -2.43. The van der Waals surface area contributed by atoms with E-state index in [4.69, 9.17) is 10.5 Å². The first-order chi connectivity index (χ1) is 12.0. The molecule has 3 N–H and O–H groups in total. The van der Waals surface area contributed by atoms with Gasteiger partial charge < -0.3 is 15.8 Å². The molecule has 134 valence electrons. The van der Waals surface area contributed by atoms with Crippen molar-refractivity contribution >= 4 is 22.4 Å². The lowest BCUT2D eigenvalue weighted by molar-refractivity contribution is -0.119. The van der Waals surface area contributed by atoms with Crippen molar-refractivity contribution in [2.45, 2.75) is 39.7 Å². The van der Waals surface area contributed by atoms with Gasteiger partial charge in [0.1, 0.15) is 0 Å². The topological polar surface area (TPSA) is 77.2 Å². The summed E-state index contributed by atoms with van der Waals surface area (Å²) in [6.07, 6.45) is 1.67. The van der Waals surface area contributed by atoms with Crippen molar-refractivity contribution in [3.63, 3.8) is 0 Å². The van der Waals surface area contributed by atoms with E-state index in [-0.39, 0.29) is 11.8 Å². The summed E-state index contributed by atoms with van der Waals surface area (Å²) < 4.78 is 5.33. The van der Waals surface area contributed by atoms with Gasteiger partial charge in [0.15, 0.2) is 5.13 Å². The van der Waals surface area contributed by atoms with E-state index in [9.17, 15) is 4.79 Å². The van der Waals surface area contributed by atoms with E-state index in [2.05, 4.69) is 43.2 Å². The van der Waals surface area contributed by atoms with Gasteiger partial charge in [-0.25, -0.2) is 4.98 Å². The molecule has 0 spiro atoms. The summed E-state index contributed by atoms with van der Waals surface area (Å²) in [5, 5.41) is 5.45. The quantitative estimate of drug-likeness (QED) is 0.877. The third kappa shape index (κ3) is 4.08. The number of nitrogens with zero attached hydrogens (tertiary/aromatic N) is 1. The third-order valence-electron chi connectivity index (χ3n) is 4.93. The Labute approximate surface area is 152 Å². The summed E-state index contributed by atoms with van der Waals surface area (Å²) in [5.41, 5.74) is 11.8. The molecule has 1 aliphatic heterocycles. The van der Waals surface area contributed by atoms with Crippen molar-refractivity contribution in [1.29, 1.82) is 0 Å². The van der Waals surface area contributed by atoms with Gasteiger partial charge in [0.2, 0.25) is 5.91 Å². The second-order valence-corrected chi connectivity index (χ2v) is 7.61. The van der Waals surface area contributed by atoms with Crippen LogP contribution in [0.25, 0.3) is 11.3 Å². The van der Waals surface area contributed by atoms with Crippen LogP contribution in [0.15, 0.2) is 17.5 Å². The smallest absolute Gasteiger partial charge is 0.243 e. The number of ether oxygens (including phenoxy) is 1. The highest BCUT2D eigenvalue weighted by Crippen LogP contribution is 2.29. The Morgan fingerprint density at radius 1 is 1.24 bits per heavy atom. The van der Waals surface area contributed by atoms with Crippen LogP contribution in [-0.2, 0) is 9.53 Å². The van der Waals surface area contributed by atoms with E-state index in [0.29, 0.717) is 18.3 Å². The fourth-order valence-corrected chi connectivity index (χ4v) is 3.88. The van der Waals surface area contributed by atoms with Gasteiger partial charge in [0, 0.05) is 24.2 Å². The number of benzene rings is 1. The zero-order chi connectivity index (χ0) is 18.0. The molecule has 2 aromatic rings. The molecule has 1 aromatic carbocycles. The number of aromatic nitrogens is 1. The number of hydrogen-bond acceptors (Lipinski definition) is 5. The third-order valence-corrected chi connectivity index (χ3v) is 5.69. The van der Waals surface area contributed by atoms with Crippen LogP contribution in [0.1, 0.15) is 29.5 Å². The van der Waals surface area contributed by atoms with Crippen LogP contribution in [0.5, 0.6) is 0 Å². The molecule has 0 aliphatic carbocycles. The number of anilines is 1. The number of carbonyl (C=O) groups excluding carboxylic acids is 1. The van der Waals surface area contributed by atoms with E-state index in [1.54, 1.807) is 0 Å². The van der Waals surface area contributed by atoms with Gasteiger partial charge in [-0.2, -0.15) is 0 Å². The van der Waals surface area contributed by atoms with Crippen LogP contribution in [0.3, 0.4) is 0 Å². The number of carbonyl (C=O) groups is 1. The maximum absolute atomic E-state index is 12.4. The molecule has 25 heavy (non-hydrogen) atoms. The van der Waals surface area contributed by atoms with Crippen molar-refractivity contribution < 1.29 is 9.53 Å². The summed E-state index contributed by atoms with van der Waals surface area (Å²) in [5.74, 6) is 0.0137. The largest absolute Gasteiger partial charge is 0.381 e. The summed E-state index contributed by atoms with van der Waals surface area (Å²) in [4.78, 5) is 17.0. The number of aryl methyl sites for hydroxylation is 3. The van der Waals surface area contributed by atoms with E-state index >= 15 is 0 Å². The monoisotopic (exact) mass is 359 g/mol. The van der Waals surface area contributed by atoms with E-state index < -0.39 is 6.04 Å². The number of hydrogen-bond donors (Lipinski definition) is 2. The fraction of sp³-hybridized carbons (Fsp3) is 0.474. The molecule has 1 saturated heterocycles. The van der Waals surface area contributed by atoms with Crippen LogP contribution in [0, 0.1) is 26.7 Å². The number of amides is 1. The molecule has 0 saturated carbocycles. The van der Waals surface area contributed by atoms with Gasteiger partial charge in [-0.15, -0.1) is 11.3 Å². The van der Waals surface area contributed by atoms with Gasteiger partial charge in [-0.3, -0.25) is 4.79 Å². The average molecular weight is 359 g/mol. The van der Waals surface area contributed by atoms with Gasteiger partial charge >= 0.3 is 0 Å². The van der Waals surface area contributed by atoms with Gasteiger partial charge in [0.05, 0.1) is 11.7 Å². The van der Waals surface area contributed by atoms with Gasteiger partial charge in [-0.05, 0) is 62.3 Å². The zero-order valence-electron chi connectivity index (χ0n) is 15.0. The molecule has 2 heterocycles. The van der Waals surface area contributed by atoms with E-state index in [0.717, 1.165) is 24.1 Å². The predicted molar refractivity (Wildman–Crippen MR) is 102 cm³/mol. The van der Waals surface area contributed by atoms with Crippen molar-refractivity contribution in [1.82, 2.24) is 4.98 Å². The molecule has 6 heteroatoms. The van der Waals surface area contributed by atoms with Crippen molar-refractivity contribution in [3.8, 4) is 11.3 Å². The van der Waals surface area contributed by atoms with Crippen LogP contribution >= 0.6 is 11.3 Å². The normalized spacial score (nSPS) is 16.6. The number of nitrogens with two attached hydrogens (primary N) is 1. The molecule has 1 fully saturated rings. The SMILES string of the molecule is Cc1cc(C)c(-c2csc(NC(=O)C(N)C3CCOCC3)n2)cc1C.